The second kappa shape index (κ2) is 10.2. The Hall–Kier alpha value is -4.31. The molecule has 4 aromatic rings. The van der Waals surface area contributed by atoms with Gasteiger partial charge < -0.3 is 9.80 Å². The van der Waals surface area contributed by atoms with E-state index in [-0.39, 0.29) is 29.5 Å². The Morgan fingerprint density at radius 1 is 0.868 bits per heavy atom. The van der Waals surface area contributed by atoms with Crippen molar-refractivity contribution >= 4 is 38.4 Å². The van der Waals surface area contributed by atoms with E-state index >= 15 is 0 Å². The zero-order valence-corrected chi connectivity index (χ0v) is 21.4. The van der Waals surface area contributed by atoms with E-state index in [4.69, 9.17) is 0 Å². The van der Waals surface area contributed by atoms with Gasteiger partial charge in [-0.3, -0.25) is 19.3 Å². The number of benzene rings is 3. The van der Waals surface area contributed by atoms with Crippen molar-refractivity contribution < 1.29 is 22.4 Å². The Morgan fingerprint density at radius 2 is 1.55 bits per heavy atom. The smallest absolute Gasteiger partial charge is 0.264 e. The highest BCUT2D eigenvalue weighted by Gasteiger charge is 2.27. The van der Waals surface area contributed by atoms with Crippen LogP contribution in [0.3, 0.4) is 0 Å². The molecule has 0 aliphatic carbocycles. The monoisotopic (exact) mass is 532 g/mol. The number of sulfonamides is 1. The third kappa shape index (κ3) is 4.95. The van der Waals surface area contributed by atoms with Gasteiger partial charge in [0.2, 0.25) is 0 Å². The van der Waals surface area contributed by atoms with E-state index in [9.17, 15) is 22.4 Å². The van der Waals surface area contributed by atoms with E-state index in [0.717, 1.165) is 0 Å². The van der Waals surface area contributed by atoms with Crippen molar-refractivity contribution in [1.29, 1.82) is 0 Å². The van der Waals surface area contributed by atoms with Crippen molar-refractivity contribution in [3.8, 4) is 0 Å². The lowest BCUT2D eigenvalue weighted by Gasteiger charge is -2.35. The van der Waals surface area contributed by atoms with Crippen LogP contribution in [0, 0.1) is 12.7 Å². The molecule has 1 aliphatic rings. The summed E-state index contributed by atoms with van der Waals surface area (Å²) < 4.78 is 42.9. The lowest BCUT2D eigenvalue weighted by Crippen LogP contribution is -2.50. The molecule has 0 unspecified atom stereocenters. The molecule has 2 amide bonds. The number of carbonyl (C=O) groups excluding carboxylic acids is 2. The normalized spacial score (nSPS) is 13.9. The highest BCUT2D eigenvalue weighted by atomic mass is 32.2. The maximum absolute atomic E-state index is 14.0. The quantitative estimate of drug-likeness (QED) is 0.418. The third-order valence-corrected chi connectivity index (χ3v) is 7.96. The van der Waals surface area contributed by atoms with Crippen LogP contribution in [0.25, 0.3) is 10.9 Å². The molecule has 2 heterocycles. The van der Waals surface area contributed by atoms with Crippen LogP contribution in [-0.4, -0.2) is 61.2 Å². The van der Waals surface area contributed by atoms with Crippen LogP contribution in [0.15, 0.2) is 83.9 Å². The van der Waals surface area contributed by atoms with Gasteiger partial charge in [-0.25, -0.2) is 12.8 Å². The van der Waals surface area contributed by atoms with Gasteiger partial charge in [0.25, 0.3) is 21.8 Å². The van der Waals surface area contributed by atoms with E-state index in [1.165, 1.54) is 29.2 Å². The fourth-order valence-corrected chi connectivity index (χ4v) is 5.82. The molecule has 0 atom stereocenters. The maximum Gasteiger partial charge on any atom is 0.264 e. The minimum Gasteiger partial charge on any atom is -0.335 e. The molecular weight excluding hydrogens is 507 g/mol. The number of nitrogens with zero attached hydrogens (tertiary/aromatic N) is 3. The Bertz CT molecular complexity index is 1640. The molecule has 0 spiro atoms. The highest BCUT2D eigenvalue weighted by Crippen LogP contribution is 2.26. The molecule has 38 heavy (non-hydrogen) atoms. The summed E-state index contributed by atoms with van der Waals surface area (Å²) in [5.41, 5.74) is 1.74. The number of nitrogens with one attached hydrogen (secondary N) is 1. The molecule has 1 aliphatic heterocycles. The minimum absolute atomic E-state index is 0.0141. The van der Waals surface area contributed by atoms with E-state index in [2.05, 4.69) is 9.71 Å². The van der Waals surface area contributed by atoms with Gasteiger partial charge in [0.1, 0.15) is 10.7 Å². The third-order valence-electron chi connectivity index (χ3n) is 6.56. The standard InChI is InChI=1S/C28H25FN4O4S/c1-19-18-21(27(34)32-14-16-33(17-15-32)28(35)22-8-2-3-9-23(22)29)11-12-24(19)31-38(36,37)25-10-4-6-20-7-5-13-30-26(20)25/h2-13,18,31H,14-17H2,1H3. The molecular formula is C28H25FN4O4S. The van der Waals surface area contributed by atoms with Gasteiger partial charge in [-0.05, 0) is 55.0 Å². The Kier molecular flexibility index (Phi) is 6.81. The molecule has 1 saturated heterocycles. The average molecular weight is 533 g/mol. The number of para-hydroxylation sites is 1. The van der Waals surface area contributed by atoms with Crippen molar-refractivity contribution in [3.63, 3.8) is 0 Å². The van der Waals surface area contributed by atoms with Gasteiger partial charge in [-0.1, -0.05) is 30.3 Å². The molecule has 1 aromatic heterocycles. The summed E-state index contributed by atoms with van der Waals surface area (Å²) in [7, 11) is -3.93. The fourth-order valence-electron chi connectivity index (χ4n) is 4.50. The van der Waals surface area contributed by atoms with E-state index < -0.39 is 21.7 Å². The Balaban J connectivity index is 1.27. The lowest BCUT2D eigenvalue weighted by atomic mass is 10.1. The van der Waals surface area contributed by atoms with Gasteiger partial charge in [-0.15, -0.1) is 0 Å². The number of piperazine rings is 1. The number of pyridine rings is 1. The predicted molar refractivity (Wildman–Crippen MR) is 142 cm³/mol. The van der Waals surface area contributed by atoms with E-state index in [1.807, 2.05) is 0 Å². The summed E-state index contributed by atoms with van der Waals surface area (Å²) >= 11 is 0. The number of amides is 2. The van der Waals surface area contributed by atoms with Crippen LogP contribution in [-0.2, 0) is 10.0 Å². The van der Waals surface area contributed by atoms with Gasteiger partial charge in [0.15, 0.2) is 0 Å². The zero-order valence-electron chi connectivity index (χ0n) is 20.6. The predicted octanol–water partition coefficient (Wildman–Crippen LogP) is 4.08. The number of aryl methyl sites for hydroxylation is 1. The van der Waals surface area contributed by atoms with E-state index in [0.29, 0.717) is 40.8 Å². The number of fused-ring (bicyclic) bond motifs is 1. The van der Waals surface area contributed by atoms with Crippen molar-refractivity contribution in [3.05, 3.63) is 102 Å². The van der Waals surface area contributed by atoms with Crippen LogP contribution >= 0.6 is 0 Å². The number of aromatic nitrogens is 1. The molecule has 10 heteroatoms. The molecule has 0 radical (unpaired) electrons. The van der Waals surface area contributed by atoms with Gasteiger partial charge >= 0.3 is 0 Å². The lowest BCUT2D eigenvalue weighted by molar-refractivity contribution is 0.0533. The van der Waals surface area contributed by atoms with Gasteiger partial charge in [0.05, 0.1) is 16.8 Å². The second-order valence-electron chi connectivity index (χ2n) is 9.03. The molecule has 1 fully saturated rings. The summed E-state index contributed by atoms with van der Waals surface area (Å²) in [5, 5.41) is 0.712. The van der Waals surface area contributed by atoms with Gasteiger partial charge in [0, 0.05) is 43.3 Å². The van der Waals surface area contributed by atoms with Crippen LogP contribution in [0.2, 0.25) is 0 Å². The van der Waals surface area contributed by atoms with Crippen LogP contribution in [0.4, 0.5) is 10.1 Å². The SMILES string of the molecule is Cc1cc(C(=O)N2CCN(C(=O)c3ccccc3F)CC2)ccc1NS(=O)(=O)c1cccc2cccnc12. The molecule has 0 saturated carbocycles. The fraction of sp³-hybridized carbons (Fsp3) is 0.179. The van der Waals surface area contributed by atoms with E-state index in [1.54, 1.807) is 66.6 Å². The zero-order chi connectivity index (χ0) is 26.9. The minimum atomic E-state index is -3.93. The number of rotatable bonds is 5. The summed E-state index contributed by atoms with van der Waals surface area (Å²) in [6.45, 7) is 2.91. The molecule has 194 valence electrons. The summed E-state index contributed by atoms with van der Waals surface area (Å²) in [6, 6.07) is 19.1. The summed E-state index contributed by atoms with van der Waals surface area (Å²) in [5.74, 6) is -1.19. The number of carbonyl (C=O) groups is 2. The average Bonchev–Trinajstić information content (AvgIpc) is 2.93. The second-order valence-corrected chi connectivity index (χ2v) is 10.7. The maximum atomic E-state index is 14.0. The van der Waals surface area contributed by atoms with Crippen LogP contribution in [0.1, 0.15) is 26.3 Å². The first-order chi connectivity index (χ1) is 18.2. The first kappa shape index (κ1) is 25.3. The first-order valence-electron chi connectivity index (χ1n) is 12.0. The number of halogens is 1. The highest BCUT2D eigenvalue weighted by molar-refractivity contribution is 7.93. The Morgan fingerprint density at radius 3 is 2.26 bits per heavy atom. The van der Waals surface area contributed by atoms with Crippen molar-refractivity contribution in [2.24, 2.45) is 0 Å². The van der Waals surface area contributed by atoms with Crippen molar-refractivity contribution in [2.45, 2.75) is 11.8 Å². The molecule has 0 bridgehead atoms. The molecule has 1 N–H and O–H groups in total. The molecule has 3 aromatic carbocycles. The van der Waals surface area contributed by atoms with Crippen molar-refractivity contribution in [2.75, 3.05) is 30.9 Å². The van der Waals surface area contributed by atoms with Crippen LogP contribution < -0.4 is 4.72 Å². The molecule has 5 rings (SSSR count). The summed E-state index contributed by atoms with van der Waals surface area (Å²) in [4.78, 5) is 33.3. The number of hydrogen-bond acceptors (Lipinski definition) is 5. The van der Waals surface area contributed by atoms with Crippen LogP contribution in [0.5, 0.6) is 0 Å². The van der Waals surface area contributed by atoms with Gasteiger partial charge in [-0.2, -0.15) is 0 Å². The Labute approximate surface area is 219 Å². The largest absolute Gasteiger partial charge is 0.335 e. The number of hydrogen-bond donors (Lipinski definition) is 1. The molecule has 8 nitrogen and oxygen atoms in total. The topological polar surface area (TPSA) is 99.7 Å². The number of anilines is 1. The first-order valence-corrected chi connectivity index (χ1v) is 13.5. The summed E-state index contributed by atoms with van der Waals surface area (Å²) in [6.07, 6.45) is 1.54. The van der Waals surface area contributed by atoms with Crippen molar-refractivity contribution in [1.82, 2.24) is 14.8 Å².